The van der Waals surface area contributed by atoms with Gasteiger partial charge in [0.2, 0.25) is 0 Å². The van der Waals surface area contributed by atoms with Gasteiger partial charge >= 0.3 is 12.1 Å². The molecule has 1 aliphatic heterocycles. The largest absolute Gasteiger partial charge is 0.471 e. The maximum absolute atomic E-state index is 12.8. The average molecular weight is 335 g/mol. The zero-order chi connectivity index (χ0) is 16.3. The monoisotopic (exact) mass is 335 g/mol. The van der Waals surface area contributed by atoms with Crippen molar-refractivity contribution in [2.24, 2.45) is 0 Å². The van der Waals surface area contributed by atoms with Crippen molar-refractivity contribution in [3.8, 4) is 0 Å². The topological polar surface area (TPSA) is 20.3 Å². The number of thiol groups is 1. The highest BCUT2D eigenvalue weighted by molar-refractivity contribution is 7.81. The third kappa shape index (κ3) is 4.38. The van der Waals surface area contributed by atoms with Gasteiger partial charge in [-0.15, -0.1) is 0 Å². The minimum absolute atomic E-state index is 0.0304. The lowest BCUT2D eigenvalue weighted by Crippen LogP contribution is -2.44. The maximum atomic E-state index is 12.8. The van der Waals surface area contributed by atoms with Crippen molar-refractivity contribution in [3.63, 3.8) is 0 Å². The standard InChI is InChI=1S/C15H17F4NOS/c16-11-6-4-10(5-7-11)2-1-3-12-8-13(22)9-20(12)14(21)15(17,18)19/h4-7,12-13,22H,1-3,8-9H2/t12-,13-/m1/s1. The van der Waals surface area contributed by atoms with Crippen LogP contribution in [0.4, 0.5) is 17.6 Å². The van der Waals surface area contributed by atoms with Crippen LogP contribution in [0.3, 0.4) is 0 Å². The van der Waals surface area contributed by atoms with Crippen molar-refractivity contribution in [1.82, 2.24) is 4.90 Å². The van der Waals surface area contributed by atoms with Gasteiger partial charge in [0.1, 0.15) is 5.82 Å². The van der Waals surface area contributed by atoms with E-state index in [0.717, 1.165) is 10.5 Å². The number of alkyl halides is 3. The molecule has 2 atom stereocenters. The predicted molar refractivity (Wildman–Crippen MR) is 78.3 cm³/mol. The number of aryl methyl sites for hydroxylation is 1. The normalized spacial score (nSPS) is 22.1. The highest BCUT2D eigenvalue weighted by atomic mass is 32.1. The Morgan fingerprint density at radius 1 is 1.27 bits per heavy atom. The molecule has 2 nitrogen and oxygen atoms in total. The van der Waals surface area contributed by atoms with E-state index in [1.807, 2.05) is 0 Å². The molecule has 2 rings (SSSR count). The summed E-state index contributed by atoms with van der Waals surface area (Å²) in [5.74, 6) is -2.10. The highest BCUT2D eigenvalue weighted by Crippen LogP contribution is 2.30. The zero-order valence-corrected chi connectivity index (χ0v) is 12.7. The molecule has 1 aromatic carbocycles. The molecule has 0 aliphatic carbocycles. The van der Waals surface area contributed by atoms with Crippen LogP contribution < -0.4 is 0 Å². The van der Waals surface area contributed by atoms with Crippen LogP contribution in [0, 0.1) is 5.82 Å². The van der Waals surface area contributed by atoms with Gasteiger partial charge in [0, 0.05) is 17.8 Å². The fraction of sp³-hybridized carbons (Fsp3) is 0.533. The van der Waals surface area contributed by atoms with Crippen molar-refractivity contribution in [3.05, 3.63) is 35.6 Å². The number of rotatable bonds is 4. The number of amides is 1. The molecule has 1 amide bonds. The molecule has 0 aromatic heterocycles. The van der Waals surface area contributed by atoms with Crippen LogP contribution in [-0.2, 0) is 11.2 Å². The lowest BCUT2D eigenvalue weighted by atomic mass is 10.0. The average Bonchev–Trinajstić information content (AvgIpc) is 2.80. The highest BCUT2D eigenvalue weighted by Gasteiger charge is 2.47. The molecule has 0 unspecified atom stereocenters. The quantitative estimate of drug-likeness (QED) is 0.658. The fourth-order valence-electron chi connectivity index (χ4n) is 2.77. The number of likely N-dealkylation sites (tertiary alicyclic amines) is 1. The lowest BCUT2D eigenvalue weighted by molar-refractivity contribution is -0.186. The summed E-state index contributed by atoms with van der Waals surface area (Å²) in [5.41, 5.74) is 0.926. The first kappa shape index (κ1) is 17.1. The third-order valence-electron chi connectivity index (χ3n) is 3.81. The summed E-state index contributed by atoms with van der Waals surface area (Å²) in [6.07, 6.45) is -2.61. The van der Waals surface area contributed by atoms with Gasteiger partial charge in [-0.3, -0.25) is 4.79 Å². The summed E-state index contributed by atoms with van der Waals surface area (Å²) in [7, 11) is 0. The Bertz CT molecular complexity index is 517. The van der Waals surface area contributed by atoms with Gasteiger partial charge in [-0.25, -0.2) is 4.39 Å². The van der Waals surface area contributed by atoms with E-state index in [9.17, 15) is 22.4 Å². The van der Waals surface area contributed by atoms with E-state index in [0.29, 0.717) is 25.7 Å². The first-order valence-electron chi connectivity index (χ1n) is 7.07. The molecule has 0 bridgehead atoms. The minimum Gasteiger partial charge on any atom is -0.331 e. The molecule has 1 fully saturated rings. The van der Waals surface area contributed by atoms with Crippen molar-refractivity contribution in [1.29, 1.82) is 0 Å². The SMILES string of the molecule is O=C(N1C[C@H](S)C[C@H]1CCCc1ccc(F)cc1)C(F)(F)F. The molecule has 0 N–H and O–H groups in total. The second-order valence-corrected chi connectivity index (χ2v) is 6.25. The number of benzene rings is 1. The second-order valence-electron chi connectivity index (χ2n) is 5.52. The smallest absolute Gasteiger partial charge is 0.331 e. The van der Waals surface area contributed by atoms with Crippen molar-refractivity contribution >= 4 is 18.5 Å². The third-order valence-corrected chi connectivity index (χ3v) is 4.19. The van der Waals surface area contributed by atoms with Crippen LogP contribution in [0.25, 0.3) is 0 Å². The van der Waals surface area contributed by atoms with Crippen LogP contribution >= 0.6 is 12.6 Å². The van der Waals surface area contributed by atoms with Crippen LogP contribution in [0.15, 0.2) is 24.3 Å². The molecule has 122 valence electrons. The van der Waals surface area contributed by atoms with Crippen LogP contribution in [0.2, 0.25) is 0 Å². The summed E-state index contributed by atoms with van der Waals surface area (Å²) in [5, 5.41) is -0.220. The van der Waals surface area contributed by atoms with E-state index in [1.54, 1.807) is 12.1 Å². The van der Waals surface area contributed by atoms with Gasteiger partial charge in [0.25, 0.3) is 0 Å². The number of hydrogen-bond acceptors (Lipinski definition) is 2. The van der Waals surface area contributed by atoms with E-state index in [1.165, 1.54) is 12.1 Å². The number of halogens is 4. The molecule has 0 saturated carbocycles. The Morgan fingerprint density at radius 2 is 1.91 bits per heavy atom. The van der Waals surface area contributed by atoms with E-state index in [2.05, 4.69) is 12.6 Å². The van der Waals surface area contributed by atoms with Crippen molar-refractivity contribution in [2.75, 3.05) is 6.54 Å². The second kappa shape index (κ2) is 6.89. The van der Waals surface area contributed by atoms with E-state index < -0.39 is 18.1 Å². The molecule has 22 heavy (non-hydrogen) atoms. The molecule has 7 heteroatoms. The fourth-order valence-corrected chi connectivity index (χ4v) is 3.19. The van der Waals surface area contributed by atoms with Gasteiger partial charge in [0.15, 0.2) is 0 Å². The molecule has 1 heterocycles. The zero-order valence-electron chi connectivity index (χ0n) is 11.8. The lowest BCUT2D eigenvalue weighted by Gasteiger charge is -2.25. The Kier molecular flexibility index (Phi) is 5.36. The molecular weight excluding hydrogens is 318 g/mol. The summed E-state index contributed by atoms with van der Waals surface area (Å²) >= 11 is 4.20. The molecule has 1 saturated heterocycles. The predicted octanol–water partition coefficient (Wildman–Crippen LogP) is 3.61. The number of carbonyl (C=O) groups is 1. The molecule has 0 radical (unpaired) electrons. The Hall–Kier alpha value is -1.24. The summed E-state index contributed by atoms with van der Waals surface area (Å²) in [6, 6.07) is 5.59. The molecule has 0 spiro atoms. The van der Waals surface area contributed by atoms with Crippen molar-refractivity contribution in [2.45, 2.75) is 43.2 Å². The minimum atomic E-state index is -4.84. The number of nitrogens with zero attached hydrogens (tertiary/aromatic N) is 1. The van der Waals surface area contributed by atoms with Gasteiger partial charge in [-0.1, -0.05) is 12.1 Å². The van der Waals surface area contributed by atoms with E-state index in [4.69, 9.17) is 0 Å². The molecule has 1 aromatic rings. The Morgan fingerprint density at radius 3 is 2.50 bits per heavy atom. The first-order valence-corrected chi connectivity index (χ1v) is 7.59. The van der Waals surface area contributed by atoms with Crippen LogP contribution in [0.5, 0.6) is 0 Å². The van der Waals surface area contributed by atoms with Gasteiger partial charge in [0.05, 0.1) is 0 Å². The van der Waals surface area contributed by atoms with E-state index in [-0.39, 0.29) is 17.6 Å². The van der Waals surface area contributed by atoms with Crippen LogP contribution in [0.1, 0.15) is 24.8 Å². The van der Waals surface area contributed by atoms with E-state index >= 15 is 0 Å². The number of hydrogen-bond donors (Lipinski definition) is 1. The summed E-state index contributed by atoms with van der Waals surface area (Å²) < 4.78 is 50.5. The molecular formula is C15H17F4NOS. The Labute approximate surface area is 131 Å². The molecule has 1 aliphatic rings. The van der Waals surface area contributed by atoms with Crippen LogP contribution in [-0.4, -0.2) is 34.8 Å². The van der Waals surface area contributed by atoms with Gasteiger partial charge in [-0.2, -0.15) is 25.8 Å². The summed E-state index contributed by atoms with van der Waals surface area (Å²) in [4.78, 5) is 12.3. The maximum Gasteiger partial charge on any atom is 0.471 e. The Balaban J connectivity index is 1.90. The first-order chi connectivity index (χ1) is 10.3. The number of carbonyl (C=O) groups excluding carboxylic acids is 1. The van der Waals surface area contributed by atoms with Gasteiger partial charge in [-0.05, 0) is 43.4 Å². The summed E-state index contributed by atoms with van der Waals surface area (Å²) in [6.45, 7) is 0.0304. The van der Waals surface area contributed by atoms with Crippen molar-refractivity contribution < 1.29 is 22.4 Å². The van der Waals surface area contributed by atoms with Gasteiger partial charge < -0.3 is 4.90 Å².